The maximum Gasteiger partial charge on any atom is 0.336 e. The number of carbonyl (C=O) groups excluding carboxylic acids is 1. The largest absolute Gasteiger partial charge is 0.470 e. The highest BCUT2D eigenvalue weighted by Gasteiger charge is 2.17. The predicted octanol–water partition coefficient (Wildman–Crippen LogP) is 2.63. The summed E-state index contributed by atoms with van der Waals surface area (Å²) < 4.78 is 11.0. The molecule has 1 heterocycles. The van der Waals surface area contributed by atoms with Gasteiger partial charge in [0.05, 0.1) is 12.5 Å². The van der Waals surface area contributed by atoms with Crippen LogP contribution < -0.4 is 15.7 Å². The summed E-state index contributed by atoms with van der Waals surface area (Å²) in [7, 11) is 0. The molecule has 0 aliphatic rings. The minimum atomic E-state index is -0.714. The highest BCUT2D eigenvalue weighted by molar-refractivity contribution is 5.79. The zero-order valence-corrected chi connectivity index (χ0v) is 14.9. The summed E-state index contributed by atoms with van der Waals surface area (Å²) >= 11 is 0. The van der Waals surface area contributed by atoms with E-state index >= 15 is 0 Å². The van der Waals surface area contributed by atoms with E-state index in [1.807, 2.05) is 30.3 Å². The summed E-state index contributed by atoms with van der Waals surface area (Å²) in [5.41, 5.74) is 0.834. The Bertz CT molecular complexity index is 965. The van der Waals surface area contributed by atoms with Gasteiger partial charge in [0.25, 0.3) is 0 Å². The lowest BCUT2D eigenvalue weighted by molar-refractivity contribution is -0.123. The topological polar surface area (TPSA) is 88.8 Å². The van der Waals surface area contributed by atoms with Gasteiger partial charge in [-0.05, 0) is 30.7 Å². The Balaban J connectivity index is 1.72. The first-order valence-corrected chi connectivity index (χ1v) is 8.71. The fourth-order valence-corrected chi connectivity index (χ4v) is 2.74. The fraction of sp³-hybridized carbons (Fsp3) is 0.238. The van der Waals surface area contributed by atoms with E-state index in [0.717, 1.165) is 10.9 Å². The number of amides is 1. The highest BCUT2D eigenvalue weighted by Crippen LogP contribution is 2.21. The molecule has 2 atom stereocenters. The summed E-state index contributed by atoms with van der Waals surface area (Å²) in [6.07, 6.45) is -0.941. The van der Waals surface area contributed by atoms with Crippen LogP contribution in [0.15, 0.2) is 69.9 Å². The van der Waals surface area contributed by atoms with Gasteiger partial charge in [-0.25, -0.2) is 4.79 Å². The maximum absolute atomic E-state index is 12.3. The average Bonchev–Trinajstić information content (AvgIpc) is 2.61. The number of aliphatic hydroxyl groups is 1. The van der Waals surface area contributed by atoms with E-state index in [9.17, 15) is 14.7 Å². The number of nitrogens with one attached hydrogen (secondary N) is 1. The summed E-state index contributed by atoms with van der Waals surface area (Å²) in [4.78, 5) is 23.7. The first kappa shape index (κ1) is 18.7. The number of hydrogen-bond acceptors (Lipinski definition) is 5. The SMILES string of the molecule is CC(O)CC(NC(=O)Cc1ccccc1)Oc1ccc2ccc(=O)oc2c1. The van der Waals surface area contributed by atoms with Crippen molar-refractivity contribution in [3.63, 3.8) is 0 Å². The Labute approximate surface area is 156 Å². The van der Waals surface area contributed by atoms with Crippen LogP contribution in [0.25, 0.3) is 11.0 Å². The van der Waals surface area contributed by atoms with Crippen LogP contribution in [0.5, 0.6) is 5.75 Å². The van der Waals surface area contributed by atoms with Crippen LogP contribution in [0, 0.1) is 0 Å². The third-order valence-corrected chi connectivity index (χ3v) is 3.96. The lowest BCUT2D eigenvalue weighted by Crippen LogP contribution is -2.41. The van der Waals surface area contributed by atoms with E-state index in [0.29, 0.717) is 11.3 Å². The lowest BCUT2D eigenvalue weighted by atomic mass is 10.1. The Morgan fingerprint density at radius 1 is 1.15 bits per heavy atom. The molecule has 0 aliphatic carbocycles. The molecule has 1 aromatic heterocycles. The van der Waals surface area contributed by atoms with Gasteiger partial charge in [0.1, 0.15) is 11.3 Å². The normalized spacial score (nSPS) is 13.1. The predicted molar refractivity (Wildman–Crippen MR) is 101 cm³/mol. The van der Waals surface area contributed by atoms with E-state index < -0.39 is 18.0 Å². The van der Waals surface area contributed by atoms with Crippen molar-refractivity contribution in [2.75, 3.05) is 0 Å². The van der Waals surface area contributed by atoms with Gasteiger partial charge >= 0.3 is 5.63 Å². The molecule has 6 nitrogen and oxygen atoms in total. The van der Waals surface area contributed by atoms with Gasteiger partial charge in [0.2, 0.25) is 5.91 Å². The molecular weight excluding hydrogens is 346 g/mol. The first-order chi connectivity index (χ1) is 13.0. The van der Waals surface area contributed by atoms with Crippen molar-refractivity contribution in [1.82, 2.24) is 5.32 Å². The summed E-state index contributed by atoms with van der Waals surface area (Å²) in [5, 5.41) is 13.3. The van der Waals surface area contributed by atoms with Crippen molar-refractivity contribution in [3.8, 4) is 5.75 Å². The van der Waals surface area contributed by atoms with Crippen molar-refractivity contribution in [1.29, 1.82) is 0 Å². The maximum atomic E-state index is 12.3. The number of benzene rings is 2. The van der Waals surface area contributed by atoms with E-state index in [1.165, 1.54) is 6.07 Å². The number of hydrogen-bond donors (Lipinski definition) is 2. The first-order valence-electron chi connectivity index (χ1n) is 8.71. The molecule has 27 heavy (non-hydrogen) atoms. The third-order valence-electron chi connectivity index (χ3n) is 3.96. The lowest BCUT2D eigenvalue weighted by Gasteiger charge is -2.22. The summed E-state index contributed by atoms with van der Waals surface area (Å²) in [6, 6.07) is 17.5. The van der Waals surface area contributed by atoms with E-state index in [1.54, 1.807) is 31.2 Å². The van der Waals surface area contributed by atoms with Gasteiger partial charge in [0, 0.05) is 23.9 Å². The van der Waals surface area contributed by atoms with Crippen LogP contribution in [0.1, 0.15) is 18.9 Å². The third kappa shape index (κ3) is 5.43. The summed E-state index contributed by atoms with van der Waals surface area (Å²) in [6.45, 7) is 1.62. The van der Waals surface area contributed by atoms with Crippen molar-refractivity contribution in [2.45, 2.75) is 32.1 Å². The molecule has 0 aliphatic heterocycles. The second-order valence-electron chi connectivity index (χ2n) is 6.38. The van der Waals surface area contributed by atoms with Crippen molar-refractivity contribution in [2.24, 2.45) is 0 Å². The smallest absolute Gasteiger partial charge is 0.336 e. The van der Waals surface area contributed by atoms with Gasteiger partial charge in [-0.15, -0.1) is 0 Å². The van der Waals surface area contributed by atoms with Crippen LogP contribution in [-0.4, -0.2) is 23.3 Å². The fourth-order valence-electron chi connectivity index (χ4n) is 2.74. The van der Waals surface area contributed by atoms with E-state index in [2.05, 4.69) is 5.32 Å². The number of rotatable bonds is 7. The van der Waals surface area contributed by atoms with Crippen LogP contribution in [0.4, 0.5) is 0 Å². The molecular formula is C21H21NO5. The molecule has 3 rings (SSSR count). The van der Waals surface area contributed by atoms with E-state index in [4.69, 9.17) is 9.15 Å². The van der Waals surface area contributed by atoms with Gasteiger partial charge in [-0.3, -0.25) is 4.79 Å². The zero-order chi connectivity index (χ0) is 19.2. The van der Waals surface area contributed by atoms with Crippen LogP contribution in [0.2, 0.25) is 0 Å². The molecule has 0 saturated carbocycles. The zero-order valence-electron chi connectivity index (χ0n) is 14.9. The molecule has 2 N–H and O–H groups in total. The molecule has 0 spiro atoms. The minimum absolute atomic E-state index is 0.209. The number of aliphatic hydroxyl groups excluding tert-OH is 1. The standard InChI is InChI=1S/C21H21NO5/c1-14(23)11-20(22-19(24)12-15-5-3-2-4-6-15)26-17-9-7-16-8-10-21(25)27-18(16)13-17/h2-10,13-14,20,23H,11-12H2,1H3,(H,22,24). The minimum Gasteiger partial charge on any atom is -0.470 e. The van der Waals surface area contributed by atoms with Crippen LogP contribution in [0.3, 0.4) is 0 Å². The highest BCUT2D eigenvalue weighted by atomic mass is 16.5. The second-order valence-corrected chi connectivity index (χ2v) is 6.38. The van der Waals surface area contributed by atoms with Gasteiger partial charge in [-0.1, -0.05) is 30.3 Å². The van der Waals surface area contributed by atoms with Crippen LogP contribution in [-0.2, 0) is 11.2 Å². The molecule has 0 radical (unpaired) electrons. The molecule has 2 unspecified atom stereocenters. The molecule has 140 valence electrons. The number of carbonyl (C=O) groups is 1. The second kappa shape index (κ2) is 8.51. The monoisotopic (exact) mass is 367 g/mol. The van der Waals surface area contributed by atoms with Crippen LogP contribution >= 0.6 is 0 Å². The molecule has 2 aromatic carbocycles. The molecule has 3 aromatic rings. The Kier molecular flexibility index (Phi) is 5.88. The van der Waals surface area contributed by atoms with Crippen molar-refractivity contribution >= 4 is 16.9 Å². The van der Waals surface area contributed by atoms with Gasteiger partial charge in [0.15, 0.2) is 6.23 Å². The number of ether oxygens (including phenoxy) is 1. The molecule has 6 heteroatoms. The summed E-state index contributed by atoms with van der Waals surface area (Å²) in [5.74, 6) is 0.224. The van der Waals surface area contributed by atoms with Gasteiger partial charge in [-0.2, -0.15) is 0 Å². The van der Waals surface area contributed by atoms with E-state index in [-0.39, 0.29) is 18.7 Å². The Morgan fingerprint density at radius 3 is 2.63 bits per heavy atom. The molecule has 0 bridgehead atoms. The molecule has 0 saturated heterocycles. The molecule has 0 fully saturated rings. The van der Waals surface area contributed by atoms with Crippen molar-refractivity contribution < 1.29 is 19.1 Å². The van der Waals surface area contributed by atoms with Gasteiger partial charge < -0.3 is 19.6 Å². The molecule has 1 amide bonds. The Morgan fingerprint density at radius 2 is 1.89 bits per heavy atom. The quantitative estimate of drug-likeness (QED) is 0.495. The number of fused-ring (bicyclic) bond motifs is 1. The Hall–Kier alpha value is -3.12. The average molecular weight is 367 g/mol. The van der Waals surface area contributed by atoms with Crippen molar-refractivity contribution in [3.05, 3.63) is 76.6 Å².